The van der Waals surface area contributed by atoms with E-state index in [1.165, 1.54) is 23.7 Å². The van der Waals surface area contributed by atoms with Gasteiger partial charge in [-0.25, -0.2) is 19.3 Å². The Hall–Kier alpha value is -2.39. The molecule has 1 amide bonds. The van der Waals surface area contributed by atoms with Gasteiger partial charge >= 0.3 is 0 Å². The van der Waals surface area contributed by atoms with Crippen molar-refractivity contribution in [1.29, 1.82) is 0 Å². The van der Waals surface area contributed by atoms with E-state index in [1.807, 2.05) is 11.0 Å². The van der Waals surface area contributed by atoms with E-state index in [9.17, 15) is 9.18 Å². The Balaban J connectivity index is 1.44. The minimum absolute atomic E-state index is 0.103. The SMILES string of the molecule is O=C(NC1CCOCC1)c1nc2c(N3CCC4C=CC=C(F)C43)ncnc2s1. The monoisotopic (exact) mass is 401 g/mol. The number of halogens is 1. The number of rotatable bonds is 3. The third-order valence-corrected chi connectivity index (χ3v) is 6.50. The Kier molecular flexibility index (Phi) is 4.56. The quantitative estimate of drug-likeness (QED) is 0.852. The molecule has 0 saturated carbocycles. The number of hydrogen-bond acceptors (Lipinski definition) is 7. The number of amides is 1. The smallest absolute Gasteiger partial charge is 0.280 e. The fourth-order valence-corrected chi connectivity index (χ4v) is 4.94. The lowest BCUT2D eigenvalue weighted by Gasteiger charge is -2.28. The van der Waals surface area contributed by atoms with Crippen LogP contribution in [0.5, 0.6) is 0 Å². The molecule has 1 N–H and O–H groups in total. The van der Waals surface area contributed by atoms with Gasteiger partial charge in [-0.15, -0.1) is 0 Å². The number of hydrogen-bond donors (Lipinski definition) is 1. The second-order valence-electron chi connectivity index (χ2n) is 7.26. The number of ether oxygens (including phenoxy) is 1. The molecule has 2 saturated heterocycles. The highest BCUT2D eigenvalue weighted by atomic mass is 32.1. The summed E-state index contributed by atoms with van der Waals surface area (Å²) in [5, 5.41) is 3.39. The van der Waals surface area contributed by atoms with Crippen molar-refractivity contribution in [2.75, 3.05) is 24.7 Å². The van der Waals surface area contributed by atoms with Crippen LogP contribution in [-0.4, -0.2) is 52.7 Å². The highest BCUT2D eigenvalue weighted by Gasteiger charge is 2.39. The number of carbonyl (C=O) groups excluding carboxylic acids is 1. The molecule has 0 aromatic carbocycles. The summed E-state index contributed by atoms with van der Waals surface area (Å²) in [6, 6.07) is -0.254. The van der Waals surface area contributed by atoms with Gasteiger partial charge in [0.15, 0.2) is 10.8 Å². The van der Waals surface area contributed by atoms with Gasteiger partial charge in [-0.1, -0.05) is 23.5 Å². The van der Waals surface area contributed by atoms with E-state index in [1.54, 1.807) is 6.08 Å². The molecule has 0 bridgehead atoms. The minimum Gasteiger partial charge on any atom is -0.381 e. The fraction of sp³-hybridized carbons (Fsp3) is 0.474. The second kappa shape index (κ2) is 7.21. The van der Waals surface area contributed by atoms with E-state index in [0.29, 0.717) is 40.9 Å². The van der Waals surface area contributed by atoms with Crippen LogP contribution in [0.15, 0.2) is 30.4 Å². The normalized spacial score (nSPS) is 25.0. The molecule has 3 aliphatic rings. The highest BCUT2D eigenvalue weighted by molar-refractivity contribution is 7.19. The lowest BCUT2D eigenvalue weighted by molar-refractivity contribution is 0.0696. The maximum atomic E-state index is 14.5. The zero-order valence-electron chi connectivity index (χ0n) is 15.2. The zero-order valence-corrected chi connectivity index (χ0v) is 16.0. The molecule has 0 radical (unpaired) electrons. The van der Waals surface area contributed by atoms with Crippen LogP contribution in [0.1, 0.15) is 29.1 Å². The van der Waals surface area contributed by atoms with Gasteiger partial charge in [0.05, 0.1) is 6.04 Å². The summed E-state index contributed by atoms with van der Waals surface area (Å²) in [4.78, 5) is 28.5. The van der Waals surface area contributed by atoms with Crippen molar-refractivity contribution in [3.8, 4) is 0 Å². The molecular weight excluding hydrogens is 381 g/mol. The van der Waals surface area contributed by atoms with Crippen molar-refractivity contribution in [2.45, 2.75) is 31.3 Å². The summed E-state index contributed by atoms with van der Waals surface area (Å²) >= 11 is 1.24. The molecular formula is C19H20FN5O2S. The van der Waals surface area contributed by atoms with Gasteiger partial charge in [0.25, 0.3) is 5.91 Å². The summed E-state index contributed by atoms with van der Waals surface area (Å²) in [5.74, 6) is 0.360. The van der Waals surface area contributed by atoms with Crippen molar-refractivity contribution in [1.82, 2.24) is 20.3 Å². The summed E-state index contributed by atoms with van der Waals surface area (Å²) in [6.07, 6.45) is 9.25. The molecule has 9 heteroatoms. The molecule has 0 spiro atoms. The zero-order chi connectivity index (χ0) is 19.1. The Morgan fingerprint density at radius 3 is 3.00 bits per heavy atom. The van der Waals surface area contributed by atoms with E-state index in [-0.39, 0.29) is 29.7 Å². The topological polar surface area (TPSA) is 80.2 Å². The first-order chi connectivity index (χ1) is 13.7. The van der Waals surface area contributed by atoms with Crippen LogP contribution in [0.2, 0.25) is 0 Å². The predicted octanol–water partition coefficient (Wildman–Crippen LogP) is 2.61. The van der Waals surface area contributed by atoms with Crippen molar-refractivity contribution in [3.05, 3.63) is 35.4 Å². The number of nitrogens with one attached hydrogen (secondary N) is 1. The molecule has 7 nitrogen and oxygen atoms in total. The number of thiazole rings is 1. The molecule has 146 valence electrons. The number of allylic oxidation sites excluding steroid dienone is 2. The number of aromatic nitrogens is 3. The first-order valence-electron chi connectivity index (χ1n) is 9.51. The van der Waals surface area contributed by atoms with Crippen LogP contribution in [0, 0.1) is 5.92 Å². The molecule has 2 aromatic heterocycles. The number of fused-ring (bicyclic) bond motifs is 2. The fourth-order valence-electron chi connectivity index (χ4n) is 4.14. The Morgan fingerprint density at radius 1 is 1.29 bits per heavy atom. The van der Waals surface area contributed by atoms with Crippen LogP contribution in [0.4, 0.5) is 10.2 Å². The molecule has 2 fully saturated rings. The standard InChI is InChI=1S/C19H20FN5O2S/c20-13-3-1-2-11-4-7-25(15(11)13)16-14-18(22-10-21-16)28-19(24-14)17(26)23-12-5-8-27-9-6-12/h1-3,10-12,15H,4-9H2,(H,23,26). The maximum absolute atomic E-state index is 14.5. The van der Waals surface area contributed by atoms with Gasteiger partial charge in [0.2, 0.25) is 0 Å². The largest absolute Gasteiger partial charge is 0.381 e. The van der Waals surface area contributed by atoms with Crippen LogP contribution in [0.25, 0.3) is 10.3 Å². The summed E-state index contributed by atoms with van der Waals surface area (Å²) in [7, 11) is 0. The van der Waals surface area contributed by atoms with Crippen molar-refractivity contribution >= 4 is 33.4 Å². The van der Waals surface area contributed by atoms with Gasteiger partial charge in [-0.3, -0.25) is 4.79 Å². The van der Waals surface area contributed by atoms with Gasteiger partial charge in [0, 0.05) is 31.7 Å². The summed E-state index contributed by atoms with van der Waals surface area (Å²) < 4.78 is 19.8. The molecule has 2 aromatic rings. The van der Waals surface area contributed by atoms with Gasteiger partial charge in [-0.2, -0.15) is 0 Å². The Bertz CT molecular complexity index is 968. The highest BCUT2D eigenvalue weighted by Crippen LogP contribution is 2.39. The van der Waals surface area contributed by atoms with E-state index in [0.717, 1.165) is 19.3 Å². The van der Waals surface area contributed by atoms with Crippen LogP contribution in [-0.2, 0) is 4.74 Å². The van der Waals surface area contributed by atoms with E-state index in [2.05, 4.69) is 20.3 Å². The number of carbonyl (C=O) groups is 1. The van der Waals surface area contributed by atoms with Gasteiger partial charge in [-0.05, 0) is 25.3 Å². The van der Waals surface area contributed by atoms with E-state index in [4.69, 9.17) is 4.74 Å². The lowest BCUT2D eigenvalue weighted by atomic mass is 9.95. The maximum Gasteiger partial charge on any atom is 0.280 e. The Labute approximate surface area is 165 Å². The Morgan fingerprint density at radius 2 is 2.14 bits per heavy atom. The molecule has 4 heterocycles. The first kappa shape index (κ1) is 17.7. The van der Waals surface area contributed by atoms with Gasteiger partial charge < -0.3 is 15.0 Å². The summed E-state index contributed by atoms with van der Waals surface area (Å²) in [6.45, 7) is 2.01. The van der Waals surface area contributed by atoms with Crippen molar-refractivity contribution in [3.63, 3.8) is 0 Å². The number of anilines is 1. The van der Waals surface area contributed by atoms with E-state index >= 15 is 0 Å². The molecule has 2 aliphatic heterocycles. The first-order valence-corrected chi connectivity index (χ1v) is 10.3. The summed E-state index contributed by atoms with van der Waals surface area (Å²) in [5.41, 5.74) is 0.563. The average molecular weight is 401 g/mol. The predicted molar refractivity (Wildman–Crippen MR) is 104 cm³/mol. The van der Waals surface area contributed by atoms with Crippen LogP contribution < -0.4 is 10.2 Å². The van der Waals surface area contributed by atoms with Crippen molar-refractivity contribution in [2.24, 2.45) is 5.92 Å². The number of nitrogens with zero attached hydrogens (tertiary/aromatic N) is 4. The second-order valence-corrected chi connectivity index (χ2v) is 8.23. The van der Waals surface area contributed by atoms with E-state index < -0.39 is 0 Å². The average Bonchev–Trinajstić information content (AvgIpc) is 3.34. The molecule has 28 heavy (non-hydrogen) atoms. The van der Waals surface area contributed by atoms with Crippen LogP contribution >= 0.6 is 11.3 Å². The molecule has 5 rings (SSSR count). The van der Waals surface area contributed by atoms with Crippen LogP contribution in [0.3, 0.4) is 0 Å². The third-order valence-electron chi connectivity index (χ3n) is 5.54. The molecule has 2 unspecified atom stereocenters. The van der Waals surface area contributed by atoms with Gasteiger partial charge in [0.1, 0.15) is 22.5 Å². The molecule has 1 aliphatic carbocycles. The molecule has 2 atom stereocenters. The lowest BCUT2D eigenvalue weighted by Crippen LogP contribution is -2.38. The minimum atomic E-state index is -0.357. The van der Waals surface area contributed by atoms with Crippen molar-refractivity contribution < 1.29 is 13.9 Å². The third kappa shape index (κ3) is 3.08.